The predicted octanol–water partition coefficient (Wildman–Crippen LogP) is 1.17. The molecule has 2 saturated heterocycles. The van der Waals surface area contributed by atoms with Gasteiger partial charge >= 0.3 is 0 Å². The van der Waals surface area contributed by atoms with Crippen molar-refractivity contribution in [1.29, 1.82) is 0 Å². The summed E-state index contributed by atoms with van der Waals surface area (Å²) in [5, 5.41) is 0. The van der Waals surface area contributed by atoms with Gasteiger partial charge in [-0.1, -0.05) is 19.8 Å². The third-order valence-electron chi connectivity index (χ3n) is 4.34. The molecule has 19 heavy (non-hydrogen) atoms. The molecular formula is C13H27N3O2S. The molecule has 0 aromatic rings. The van der Waals surface area contributed by atoms with Crippen LogP contribution in [0.4, 0.5) is 0 Å². The molecule has 0 aliphatic carbocycles. The Morgan fingerprint density at radius 2 is 1.89 bits per heavy atom. The molecule has 0 bridgehead atoms. The Morgan fingerprint density at radius 3 is 2.58 bits per heavy atom. The van der Waals surface area contributed by atoms with E-state index in [1.165, 1.54) is 0 Å². The van der Waals surface area contributed by atoms with Crippen LogP contribution >= 0.6 is 0 Å². The van der Waals surface area contributed by atoms with E-state index in [2.05, 4.69) is 6.92 Å². The highest BCUT2D eigenvalue weighted by Crippen LogP contribution is 2.25. The first-order valence-corrected chi connectivity index (χ1v) is 8.92. The molecule has 2 unspecified atom stereocenters. The van der Waals surface area contributed by atoms with E-state index < -0.39 is 10.2 Å². The number of nitrogens with zero attached hydrogens (tertiary/aromatic N) is 2. The van der Waals surface area contributed by atoms with Crippen LogP contribution in [0.3, 0.4) is 0 Å². The van der Waals surface area contributed by atoms with Crippen LogP contribution in [0.15, 0.2) is 0 Å². The van der Waals surface area contributed by atoms with E-state index in [0.29, 0.717) is 32.1 Å². The lowest BCUT2D eigenvalue weighted by Crippen LogP contribution is -2.52. The Kier molecular flexibility index (Phi) is 5.22. The summed E-state index contributed by atoms with van der Waals surface area (Å²) in [5.41, 5.74) is 5.79. The minimum Gasteiger partial charge on any atom is -0.329 e. The molecule has 0 amide bonds. The van der Waals surface area contributed by atoms with Crippen molar-refractivity contribution in [2.45, 2.75) is 51.5 Å². The summed E-state index contributed by atoms with van der Waals surface area (Å²) in [6.45, 7) is 4.53. The van der Waals surface area contributed by atoms with Crippen molar-refractivity contribution >= 4 is 10.2 Å². The van der Waals surface area contributed by atoms with Crippen LogP contribution in [0.5, 0.6) is 0 Å². The second-order valence-corrected chi connectivity index (χ2v) is 7.84. The molecule has 5 nitrogen and oxygen atoms in total. The molecule has 2 aliphatic rings. The van der Waals surface area contributed by atoms with Gasteiger partial charge in [0.2, 0.25) is 0 Å². The Morgan fingerprint density at radius 1 is 1.11 bits per heavy atom. The average molecular weight is 289 g/mol. The number of hydrogen-bond donors (Lipinski definition) is 1. The molecule has 2 fully saturated rings. The Labute approximate surface area is 117 Å². The van der Waals surface area contributed by atoms with E-state index >= 15 is 0 Å². The maximum Gasteiger partial charge on any atom is 0.282 e. The molecule has 2 atom stereocenters. The molecule has 0 aromatic heterocycles. The number of hydrogen-bond acceptors (Lipinski definition) is 3. The van der Waals surface area contributed by atoms with E-state index in [-0.39, 0.29) is 6.04 Å². The van der Waals surface area contributed by atoms with Crippen LogP contribution < -0.4 is 5.73 Å². The van der Waals surface area contributed by atoms with Gasteiger partial charge in [0, 0.05) is 32.2 Å². The molecule has 0 spiro atoms. The number of piperidine rings is 1. The van der Waals surface area contributed by atoms with Gasteiger partial charge in [-0.2, -0.15) is 17.0 Å². The molecule has 0 aromatic carbocycles. The van der Waals surface area contributed by atoms with Gasteiger partial charge in [0.15, 0.2) is 0 Å². The number of rotatable bonds is 3. The van der Waals surface area contributed by atoms with Crippen molar-refractivity contribution in [3.05, 3.63) is 0 Å². The molecule has 2 aliphatic heterocycles. The third-order valence-corrected chi connectivity index (χ3v) is 6.40. The lowest BCUT2D eigenvalue weighted by atomic mass is 10.0. The van der Waals surface area contributed by atoms with Crippen molar-refractivity contribution in [3.63, 3.8) is 0 Å². The van der Waals surface area contributed by atoms with Crippen LogP contribution in [-0.4, -0.2) is 49.2 Å². The largest absolute Gasteiger partial charge is 0.329 e. The second-order valence-electron chi connectivity index (χ2n) is 5.96. The third kappa shape index (κ3) is 3.48. The van der Waals surface area contributed by atoms with Crippen molar-refractivity contribution in [2.75, 3.05) is 26.2 Å². The summed E-state index contributed by atoms with van der Waals surface area (Å²) in [6.07, 6.45) is 6.16. The maximum atomic E-state index is 12.8. The summed E-state index contributed by atoms with van der Waals surface area (Å²) >= 11 is 0. The predicted molar refractivity (Wildman–Crippen MR) is 76.9 cm³/mol. The molecule has 2 heterocycles. The van der Waals surface area contributed by atoms with Crippen LogP contribution in [0.2, 0.25) is 0 Å². The second kappa shape index (κ2) is 6.52. The van der Waals surface area contributed by atoms with Crippen LogP contribution in [0.1, 0.15) is 45.4 Å². The Balaban J connectivity index is 2.15. The van der Waals surface area contributed by atoms with E-state index in [9.17, 15) is 8.42 Å². The fourth-order valence-electron chi connectivity index (χ4n) is 3.19. The molecule has 0 radical (unpaired) electrons. The summed E-state index contributed by atoms with van der Waals surface area (Å²) < 4.78 is 29.0. The van der Waals surface area contributed by atoms with E-state index in [0.717, 1.165) is 38.5 Å². The fourth-order valence-corrected chi connectivity index (χ4v) is 5.22. The molecule has 2 rings (SSSR count). The van der Waals surface area contributed by atoms with Gasteiger partial charge in [-0.25, -0.2) is 0 Å². The smallest absolute Gasteiger partial charge is 0.282 e. The van der Waals surface area contributed by atoms with Gasteiger partial charge in [0.05, 0.1) is 0 Å². The minimum atomic E-state index is -3.32. The summed E-state index contributed by atoms with van der Waals surface area (Å²) in [4.78, 5) is 0. The van der Waals surface area contributed by atoms with Crippen LogP contribution in [0, 0.1) is 5.92 Å². The Hall–Kier alpha value is -0.170. The van der Waals surface area contributed by atoms with Gasteiger partial charge in [-0.05, 0) is 31.6 Å². The summed E-state index contributed by atoms with van der Waals surface area (Å²) in [6, 6.07) is -0.00951. The molecular weight excluding hydrogens is 262 g/mol. The zero-order chi connectivity index (χ0) is 13.9. The summed E-state index contributed by atoms with van der Waals surface area (Å²) in [7, 11) is -3.32. The van der Waals surface area contributed by atoms with E-state index in [1.54, 1.807) is 8.61 Å². The van der Waals surface area contributed by atoms with Gasteiger partial charge in [0.1, 0.15) is 0 Å². The monoisotopic (exact) mass is 289 g/mol. The average Bonchev–Trinajstić information content (AvgIpc) is 2.64. The molecule has 0 saturated carbocycles. The first-order valence-electron chi connectivity index (χ1n) is 7.52. The molecule has 2 N–H and O–H groups in total. The van der Waals surface area contributed by atoms with Gasteiger partial charge in [-0.15, -0.1) is 0 Å². The first kappa shape index (κ1) is 15.2. The topological polar surface area (TPSA) is 66.6 Å². The maximum absolute atomic E-state index is 12.8. The van der Waals surface area contributed by atoms with Gasteiger partial charge in [0.25, 0.3) is 10.2 Å². The van der Waals surface area contributed by atoms with Crippen molar-refractivity contribution < 1.29 is 8.42 Å². The van der Waals surface area contributed by atoms with Crippen LogP contribution in [0.25, 0.3) is 0 Å². The zero-order valence-electron chi connectivity index (χ0n) is 11.9. The first-order chi connectivity index (χ1) is 9.05. The Bertz CT molecular complexity index is 385. The lowest BCUT2D eigenvalue weighted by Gasteiger charge is -2.37. The van der Waals surface area contributed by atoms with Crippen molar-refractivity contribution in [1.82, 2.24) is 8.61 Å². The highest BCUT2D eigenvalue weighted by atomic mass is 32.2. The van der Waals surface area contributed by atoms with E-state index in [4.69, 9.17) is 5.73 Å². The van der Waals surface area contributed by atoms with Crippen molar-refractivity contribution in [3.8, 4) is 0 Å². The highest BCUT2D eigenvalue weighted by Gasteiger charge is 2.36. The standard InChI is InChI=1S/C13H27N3O2S/c1-12-6-5-8-15(11-12)19(17,18)16-9-4-2-3-7-13(16)10-14/h12-13H,2-11,14H2,1H3. The number of nitrogens with two attached hydrogens (primary N) is 1. The minimum absolute atomic E-state index is 0.00951. The summed E-state index contributed by atoms with van der Waals surface area (Å²) in [5.74, 6) is 0.465. The molecule has 112 valence electrons. The zero-order valence-corrected chi connectivity index (χ0v) is 12.7. The fraction of sp³-hybridized carbons (Fsp3) is 1.00. The quantitative estimate of drug-likeness (QED) is 0.848. The van der Waals surface area contributed by atoms with Gasteiger partial charge in [-0.3, -0.25) is 0 Å². The highest BCUT2D eigenvalue weighted by molar-refractivity contribution is 7.86. The lowest BCUT2D eigenvalue weighted by molar-refractivity contribution is 0.240. The molecule has 6 heteroatoms. The SMILES string of the molecule is CC1CCCN(S(=O)(=O)N2CCCCCC2CN)C1. The van der Waals surface area contributed by atoms with E-state index in [1.807, 2.05) is 0 Å². The van der Waals surface area contributed by atoms with Crippen LogP contribution in [-0.2, 0) is 10.2 Å². The van der Waals surface area contributed by atoms with Gasteiger partial charge < -0.3 is 5.73 Å². The normalized spacial score (nSPS) is 32.1. The van der Waals surface area contributed by atoms with Crippen molar-refractivity contribution in [2.24, 2.45) is 11.7 Å².